The molecule has 0 radical (unpaired) electrons. The fourth-order valence-corrected chi connectivity index (χ4v) is 7.13. The molecule has 8 aromatic carbocycles. The van der Waals surface area contributed by atoms with Crippen LogP contribution >= 0.6 is 0 Å². The maximum atomic E-state index is 4.47. The summed E-state index contributed by atoms with van der Waals surface area (Å²) in [5.41, 5.74) is 7.65. The quantitative estimate of drug-likeness (QED) is 0.0755. The number of rotatable bonds is 10. The fraction of sp³-hybridized carbons (Fsp3) is 0. The van der Waals surface area contributed by atoms with Crippen molar-refractivity contribution in [2.45, 2.75) is 0 Å². The van der Waals surface area contributed by atoms with Crippen LogP contribution in [0, 0.1) is 25.5 Å². The van der Waals surface area contributed by atoms with E-state index < -0.39 is 0 Å². The van der Waals surface area contributed by atoms with Crippen molar-refractivity contribution < 1.29 is 42.1 Å². The molecule has 0 saturated carbocycles. The van der Waals surface area contributed by atoms with Crippen molar-refractivity contribution in [3.05, 3.63) is 291 Å². The van der Waals surface area contributed by atoms with Gasteiger partial charge in [-0.05, 0) is 47.0 Å². The van der Waals surface area contributed by atoms with Crippen LogP contribution in [-0.4, -0.2) is 32.6 Å². The van der Waals surface area contributed by atoms with Crippen LogP contribution in [0.5, 0.6) is 0 Å². The van der Waals surface area contributed by atoms with E-state index in [9.17, 15) is 0 Å². The van der Waals surface area contributed by atoms with Crippen molar-refractivity contribution in [3.63, 3.8) is 0 Å². The summed E-state index contributed by atoms with van der Waals surface area (Å²) in [6, 6.07) is 81.4. The first-order chi connectivity index (χ1) is 35.8. The van der Waals surface area contributed by atoms with Crippen LogP contribution in [-0.2, 0) is 42.1 Å². The van der Waals surface area contributed by atoms with Gasteiger partial charge in [-0.15, -0.1) is 24.7 Å². The van der Waals surface area contributed by atoms with Gasteiger partial charge in [0.15, 0.2) is 0 Å². The van der Waals surface area contributed by atoms with E-state index in [-0.39, 0.29) is 42.1 Å². The summed E-state index contributed by atoms with van der Waals surface area (Å²) < 4.78 is 0. The molecule has 12 nitrogen and oxygen atoms in total. The number of nitrogens with zero attached hydrogens (tertiary/aromatic N) is 12. The predicted molar refractivity (Wildman–Crippen MR) is 293 cm³/mol. The molecule has 0 spiro atoms. The summed E-state index contributed by atoms with van der Waals surface area (Å²) in [6.45, 7) is 3.98. The summed E-state index contributed by atoms with van der Waals surface area (Å²) in [5, 5.41) is 8.42. The Labute approximate surface area is 461 Å². The second-order valence-electron chi connectivity index (χ2n) is 15.4. The number of fused-ring (bicyclic) bond motifs is 2. The number of aliphatic imine (C=N–C) groups is 2. The van der Waals surface area contributed by atoms with Crippen molar-refractivity contribution in [1.82, 2.24) is 19.9 Å². The number of benzene rings is 8. The molecule has 0 N–H and O–H groups in total. The first kappa shape index (κ1) is 53.2. The minimum atomic E-state index is 0. The number of hydrogen-bond acceptors (Lipinski definition) is 10. The summed E-state index contributed by atoms with van der Waals surface area (Å²) in [4.78, 5) is 34.3. The third kappa shape index (κ3) is 14.8. The minimum absolute atomic E-state index is 0. The molecule has 2 aliphatic heterocycles. The van der Waals surface area contributed by atoms with Gasteiger partial charge in [0.25, 0.3) is 0 Å². The molecule has 0 aliphatic carbocycles. The molecular formula is C60H46N12Pt2-6. The third-order valence-electron chi connectivity index (χ3n) is 10.5. The number of anilines is 8. The Morgan fingerprint density at radius 3 is 0.973 bits per heavy atom. The van der Waals surface area contributed by atoms with Gasteiger partial charge in [0.2, 0.25) is 0 Å². The monoisotopic (exact) mass is 1320 g/mol. The van der Waals surface area contributed by atoms with Gasteiger partial charge < -0.3 is 40.2 Å². The Balaban J connectivity index is 0.000000145. The third-order valence-corrected chi connectivity index (χ3v) is 10.5. The Bertz CT molecular complexity index is 2860. The van der Waals surface area contributed by atoms with Gasteiger partial charge in [-0.2, -0.15) is 60.7 Å². The van der Waals surface area contributed by atoms with Crippen molar-refractivity contribution in [1.29, 1.82) is 0 Å². The van der Waals surface area contributed by atoms with Crippen LogP contribution in [0.1, 0.15) is 0 Å². The summed E-state index contributed by atoms with van der Waals surface area (Å²) >= 11 is 0. The average Bonchev–Trinajstić information content (AvgIpc) is 4.06. The average molecular weight is 1330 g/mol. The first-order valence-corrected chi connectivity index (χ1v) is 23.0. The normalized spacial score (nSPS) is 11.8. The van der Waals surface area contributed by atoms with E-state index in [0.29, 0.717) is 0 Å². The topological polar surface area (TPSA) is 117 Å². The zero-order chi connectivity index (χ0) is 48.8. The Morgan fingerprint density at radius 2 is 0.649 bits per heavy atom. The molecule has 2 aromatic heterocycles. The van der Waals surface area contributed by atoms with Crippen molar-refractivity contribution in [3.8, 4) is 0 Å². The number of aromatic nitrogens is 4. The van der Waals surface area contributed by atoms with Crippen LogP contribution in [0.2, 0.25) is 0 Å². The van der Waals surface area contributed by atoms with Gasteiger partial charge in [-0.1, -0.05) is 170 Å². The Kier molecular flexibility index (Phi) is 20.5. The van der Waals surface area contributed by atoms with Crippen LogP contribution < -0.4 is 19.6 Å². The van der Waals surface area contributed by atoms with E-state index in [0.717, 1.165) is 68.8 Å². The Morgan fingerprint density at radius 1 is 0.351 bits per heavy atom. The largest absolute Gasteiger partial charge is 0.477 e. The van der Waals surface area contributed by atoms with Gasteiger partial charge in [0, 0.05) is 78.3 Å². The predicted octanol–water partition coefficient (Wildman–Crippen LogP) is 15.5. The molecule has 0 amide bonds. The minimum Gasteiger partial charge on any atom is -0.477 e. The van der Waals surface area contributed by atoms with Gasteiger partial charge >= 0.3 is 0 Å². The molecule has 0 bridgehead atoms. The molecule has 10 aromatic rings. The van der Waals surface area contributed by atoms with E-state index in [4.69, 9.17) is 0 Å². The zero-order valence-electron chi connectivity index (χ0n) is 39.6. The molecule has 14 heteroatoms. The molecule has 0 atom stereocenters. The zero-order valence-corrected chi connectivity index (χ0v) is 44.1. The van der Waals surface area contributed by atoms with Crippen LogP contribution in [0.25, 0.3) is 10.6 Å². The van der Waals surface area contributed by atoms with Crippen molar-refractivity contribution in [2.24, 2.45) is 9.98 Å². The smallest absolute Gasteiger partial charge is 0.145 e. The fourth-order valence-electron chi connectivity index (χ4n) is 7.13. The van der Waals surface area contributed by atoms with E-state index in [1.165, 1.54) is 0 Å². The van der Waals surface area contributed by atoms with Gasteiger partial charge in [0.05, 0.1) is 0 Å². The summed E-state index contributed by atoms with van der Waals surface area (Å²) in [7, 11) is 0. The molecule has 2 aliphatic rings. The molecule has 4 heterocycles. The molecule has 12 rings (SSSR count). The van der Waals surface area contributed by atoms with Gasteiger partial charge in [-0.25, -0.2) is 19.9 Å². The van der Waals surface area contributed by atoms with E-state index in [1.54, 1.807) is 37.5 Å². The maximum absolute atomic E-state index is 4.47. The molecule has 74 heavy (non-hydrogen) atoms. The summed E-state index contributed by atoms with van der Waals surface area (Å²) in [6.07, 6.45) is 9.98. The number of para-hydroxylation sites is 8. The second kappa shape index (κ2) is 28.5. The Hall–Kier alpha value is -8.56. The van der Waals surface area contributed by atoms with Gasteiger partial charge in [-0.3, -0.25) is 0 Å². The first-order valence-electron chi connectivity index (χ1n) is 23.0. The van der Waals surface area contributed by atoms with Crippen LogP contribution in [0.3, 0.4) is 0 Å². The molecular weight excluding hydrogens is 1280 g/mol. The molecule has 0 saturated heterocycles. The molecule has 372 valence electrons. The molecule has 0 fully saturated rings. The van der Waals surface area contributed by atoms with Crippen molar-refractivity contribution >= 4 is 81.4 Å². The van der Waals surface area contributed by atoms with Crippen LogP contribution in [0.15, 0.2) is 265 Å². The van der Waals surface area contributed by atoms with E-state index >= 15 is 0 Å². The maximum Gasteiger partial charge on any atom is 0.145 e. The van der Waals surface area contributed by atoms with E-state index in [1.807, 2.05) is 263 Å². The van der Waals surface area contributed by atoms with Gasteiger partial charge in [0.1, 0.15) is 23.3 Å². The second-order valence-corrected chi connectivity index (χ2v) is 15.4. The van der Waals surface area contributed by atoms with Crippen LogP contribution in [0.4, 0.5) is 68.8 Å². The number of hydrogen-bond donors (Lipinski definition) is 0. The van der Waals surface area contributed by atoms with Crippen molar-refractivity contribution in [2.75, 3.05) is 19.6 Å². The standard InChI is InChI=1S/2C17H12N4.2C13H11N2.2Pt/c2*1-3-7-14(8-4-1)20-13-21(15-9-5-2-6-10-15)17-16(20)18-11-12-19-17;2*1-3-7-12(8-4-1)14-11-15-13-9-5-2-6-10-13;;/h2*1-9,11-13H;2*1-11H;;/q2*-2;2*-1;;. The SMILES string of the molecule is C(=Nc1ccccc1)[N-]c1ccccc1.C(=Nc1ccccc1)[N-]c1ccccc1.[Pt].[Pt].[c-]1ccccc1N1[CH-]N(c2ccccc2)c2nccnc21.[c-]1ccccc1N1[CH-]N(c2ccccc2)c2nccnc21. The van der Waals surface area contributed by atoms with E-state index in [2.05, 4.69) is 52.7 Å². The summed E-state index contributed by atoms with van der Waals surface area (Å²) in [5.74, 6) is 3.26. The molecule has 0 unspecified atom stereocenters.